The van der Waals surface area contributed by atoms with Crippen LogP contribution in [-0.4, -0.2) is 53.7 Å². The zero-order valence-corrected chi connectivity index (χ0v) is 22.0. The van der Waals surface area contributed by atoms with Gasteiger partial charge in [0.1, 0.15) is 23.1 Å². The van der Waals surface area contributed by atoms with E-state index in [0.29, 0.717) is 31.9 Å². The summed E-state index contributed by atoms with van der Waals surface area (Å²) in [6, 6.07) is 12.1. The summed E-state index contributed by atoms with van der Waals surface area (Å²) in [4.78, 5) is 21.1. The normalized spacial score (nSPS) is 17.2. The lowest BCUT2D eigenvalue weighted by Gasteiger charge is -2.39. The molecule has 38 heavy (non-hydrogen) atoms. The van der Waals surface area contributed by atoms with Crippen LogP contribution in [-0.2, 0) is 11.3 Å². The van der Waals surface area contributed by atoms with Gasteiger partial charge >= 0.3 is 0 Å². The first-order valence-corrected chi connectivity index (χ1v) is 13.2. The fourth-order valence-electron chi connectivity index (χ4n) is 5.65. The minimum Gasteiger partial charge on any atom is -0.506 e. The van der Waals surface area contributed by atoms with Crippen molar-refractivity contribution in [2.45, 2.75) is 39.7 Å². The molecule has 1 aromatic heterocycles. The lowest BCUT2D eigenvalue weighted by atomic mass is 9.77. The summed E-state index contributed by atoms with van der Waals surface area (Å²) in [6.45, 7) is 8.08. The van der Waals surface area contributed by atoms with E-state index < -0.39 is 0 Å². The number of carbonyl (C=O) groups excluding carboxylic acids is 1. The van der Waals surface area contributed by atoms with Crippen LogP contribution in [0.2, 0.25) is 0 Å². The molecule has 2 fully saturated rings. The van der Waals surface area contributed by atoms with E-state index in [4.69, 9.17) is 9.47 Å². The molecule has 1 spiro atoms. The summed E-state index contributed by atoms with van der Waals surface area (Å²) >= 11 is 0. The first-order valence-electron chi connectivity index (χ1n) is 13.2. The Morgan fingerprint density at radius 3 is 2.26 bits per heavy atom. The number of rotatable bonds is 8. The molecule has 0 aliphatic carbocycles. The van der Waals surface area contributed by atoms with Crippen molar-refractivity contribution in [1.29, 1.82) is 0 Å². The van der Waals surface area contributed by atoms with E-state index in [2.05, 4.69) is 22.0 Å². The van der Waals surface area contributed by atoms with Gasteiger partial charge in [-0.3, -0.25) is 14.7 Å². The number of pyridine rings is 1. The molecule has 1 amide bonds. The number of piperidine rings is 1. The van der Waals surface area contributed by atoms with Gasteiger partial charge in [0.05, 0.1) is 36.9 Å². The predicted molar refractivity (Wildman–Crippen MR) is 144 cm³/mol. The Morgan fingerprint density at radius 2 is 1.66 bits per heavy atom. The fraction of sp³-hybridized carbons (Fsp3) is 0.400. The second kappa shape index (κ2) is 11.0. The second-order valence-electron chi connectivity index (χ2n) is 10.2. The van der Waals surface area contributed by atoms with Crippen molar-refractivity contribution in [1.82, 2.24) is 9.88 Å². The van der Waals surface area contributed by atoms with Crippen molar-refractivity contribution in [3.8, 4) is 28.4 Å². The Kier molecular flexibility index (Phi) is 7.51. The number of hydrogen-bond acceptors (Lipinski definition) is 6. The minimum absolute atomic E-state index is 0.0571. The maximum atomic E-state index is 13.6. The van der Waals surface area contributed by atoms with Crippen molar-refractivity contribution in [2.75, 3.05) is 37.7 Å². The number of nitrogens with zero attached hydrogens (tertiary/aromatic N) is 3. The van der Waals surface area contributed by atoms with Gasteiger partial charge < -0.3 is 19.5 Å². The Balaban J connectivity index is 1.31. The van der Waals surface area contributed by atoms with Crippen LogP contribution in [0.15, 0.2) is 54.9 Å². The van der Waals surface area contributed by atoms with E-state index in [1.807, 2.05) is 13.8 Å². The number of amides is 1. The molecule has 0 atom stereocenters. The van der Waals surface area contributed by atoms with Crippen LogP contribution in [0.4, 0.5) is 10.1 Å². The van der Waals surface area contributed by atoms with Gasteiger partial charge in [0, 0.05) is 25.6 Å². The van der Waals surface area contributed by atoms with Crippen LogP contribution in [0.1, 0.15) is 38.7 Å². The van der Waals surface area contributed by atoms with Gasteiger partial charge in [-0.05, 0) is 80.6 Å². The van der Waals surface area contributed by atoms with Gasteiger partial charge in [0.15, 0.2) is 0 Å². The van der Waals surface area contributed by atoms with Crippen molar-refractivity contribution in [2.24, 2.45) is 5.41 Å². The molecule has 5 rings (SSSR count). The highest BCUT2D eigenvalue weighted by molar-refractivity contribution is 5.96. The molecule has 0 radical (unpaired) electrons. The first-order chi connectivity index (χ1) is 18.4. The van der Waals surface area contributed by atoms with E-state index in [0.717, 1.165) is 60.7 Å². The molecule has 200 valence electrons. The molecule has 3 heterocycles. The maximum absolute atomic E-state index is 13.6. The molecule has 0 unspecified atom stereocenters. The Morgan fingerprint density at radius 1 is 1.00 bits per heavy atom. The van der Waals surface area contributed by atoms with E-state index in [1.165, 1.54) is 18.3 Å². The molecule has 1 N–H and O–H groups in total. The Bertz CT molecular complexity index is 1260. The van der Waals surface area contributed by atoms with Gasteiger partial charge in [-0.15, -0.1) is 0 Å². The zero-order chi connectivity index (χ0) is 26.7. The smallest absolute Gasteiger partial charge is 0.227 e. The number of carbonyl (C=O) groups is 1. The fourth-order valence-corrected chi connectivity index (χ4v) is 5.65. The van der Waals surface area contributed by atoms with Gasteiger partial charge in [-0.1, -0.05) is 12.1 Å². The topological polar surface area (TPSA) is 75.1 Å². The van der Waals surface area contributed by atoms with Crippen LogP contribution in [0.3, 0.4) is 0 Å². The molecule has 2 saturated heterocycles. The quantitative estimate of drug-likeness (QED) is 0.429. The molecule has 3 aromatic rings. The number of aromatic nitrogens is 1. The Labute approximate surface area is 222 Å². The zero-order valence-electron chi connectivity index (χ0n) is 22.0. The van der Waals surface area contributed by atoms with Gasteiger partial charge in [0.25, 0.3) is 0 Å². The molecule has 2 aromatic carbocycles. The molecule has 0 bridgehead atoms. The van der Waals surface area contributed by atoms with E-state index in [9.17, 15) is 14.3 Å². The van der Waals surface area contributed by atoms with Crippen LogP contribution in [0.25, 0.3) is 11.1 Å². The summed E-state index contributed by atoms with van der Waals surface area (Å²) in [7, 11) is 0. The van der Waals surface area contributed by atoms with Gasteiger partial charge in [0.2, 0.25) is 5.91 Å². The van der Waals surface area contributed by atoms with E-state index >= 15 is 0 Å². The van der Waals surface area contributed by atoms with Gasteiger partial charge in [-0.2, -0.15) is 0 Å². The minimum atomic E-state index is -0.283. The number of aromatic hydroxyl groups is 1. The van der Waals surface area contributed by atoms with Crippen molar-refractivity contribution < 1.29 is 23.8 Å². The van der Waals surface area contributed by atoms with Crippen molar-refractivity contribution in [3.63, 3.8) is 0 Å². The van der Waals surface area contributed by atoms with E-state index in [-0.39, 0.29) is 22.9 Å². The van der Waals surface area contributed by atoms with Crippen LogP contribution in [0, 0.1) is 11.2 Å². The largest absolute Gasteiger partial charge is 0.506 e. The average Bonchev–Trinajstić information content (AvgIpc) is 3.22. The highest BCUT2D eigenvalue weighted by Crippen LogP contribution is 2.44. The molecular formula is C30H34FN3O4. The number of likely N-dealkylation sites (tertiary alicyclic amines) is 1. The monoisotopic (exact) mass is 519 g/mol. The lowest BCUT2D eigenvalue weighted by Crippen LogP contribution is -2.41. The molecule has 8 heteroatoms. The van der Waals surface area contributed by atoms with Gasteiger partial charge in [-0.25, -0.2) is 4.39 Å². The highest BCUT2D eigenvalue weighted by atomic mass is 19.1. The van der Waals surface area contributed by atoms with Crippen LogP contribution >= 0.6 is 0 Å². The molecule has 2 aliphatic heterocycles. The summed E-state index contributed by atoms with van der Waals surface area (Å²) in [5.74, 6) is 1.32. The highest BCUT2D eigenvalue weighted by Gasteiger charge is 2.45. The number of hydrogen-bond donors (Lipinski definition) is 1. The SMILES string of the molecule is CCOc1cc(CN2CCC3(CC2)CC(=O)N(c2cncc(O)c2)C3)cc(OCC)c1-c1ccc(F)cc1. The third-order valence-corrected chi connectivity index (χ3v) is 7.52. The summed E-state index contributed by atoms with van der Waals surface area (Å²) in [6.07, 6.45) is 5.37. The molecule has 7 nitrogen and oxygen atoms in total. The number of benzene rings is 2. The van der Waals surface area contributed by atoms with Crippen LogP contribution < -0.4 is 14.4 Å². The Hall–Kier alpha value is -3.65. The van der Waals surface area contributed by atoms with E-state index in [1.54, 1.807) is 29.3 Å². The standard InChI is InChI=1S/C30H34FN3O4/c1-3-37-26-13-21(14-27(38-4-2)29(26)22-5-7-23(31)8-6-22)19-33-11-9-30(10-12-33)16-28(36)34(20-30)24-15-25(35)18-32-17-24/h5-8,13-15,17-18,35H,3-4,9-12,16,19-20H2,1-2H3. The maximum Gasteiger partial charge on any atom is 0.227 e. The molecule has 2 aliphatic rings. The van der Waals surface area contributed by atoms with Crippen molar-refractivity contribution in [3.05, 3.63) is 66.2 Å². The number of halogens is 1. The average molecular weight is 520 g/mol. The summed E-state index contributed by atoms with van der Waals surface area (Å²) in [5, 5.41) is 9.80. The predicted octanol–water partition coefficient (Wildman–Crippen LogP) is 5.41. The number of ether oxygens (including phenoxy) is 2. The second-order valence-corrected chi connectivity index (χ2v) is 10.2. The lowest BCUT2D eigenvalue weighted by molar-refractivity contribution is -0.118. The third kappa shape index (κ3) is 5.45. The molecular weight excluding hydrogens is 485 g/mol. The molecule has 0 saturated carbocycles. The van der Waals surface area contributed by atoms with Crippen molar-refractivity contribution >= 4 is 11.6 Å². The summed E-state index contributed by atoms with van der Waals surface area (Å²) in [5.41, 5.74) is 3.37. The summed E-state index contributed by atoms with van der Waals surface area (Å²) < 4.78 is 25.6. The van der Waals surface area contributed by atoms with Crippen LogP contribution in [0.5, 0.6) is 17.2 Å². The number of anilines is 1. The third-order valence-electron chi connectivity index (χ3n) is 7.52. The first kappa shape index (κ1) is 26.0.